The summed E-state index contributed by atoms with van der Waals surface area (Å²) in [7, 11) is 0. The van der Waals surface area contributed by atoms with Crippen molar-refractivity contribution >= 4 is 5.91 Å². The maximum absolute atomic E-state index is 12.0. The van der Waals surface area contributed by atoms with Crippen molar-refractivity contribution in [2.24, 2.45) is 5.92 Å². The second kappa shape index (κ2) is 8.06. The minimum absolute atomic E-state index is 0.203. The monoisotopic (exact) mass is 289 g/mol. The number of amides is 1. The lowest BCUT2D eigenvalue weighted by Gasteiger charge is -2.20. The lowest BCUT2D eigenvalue weighted by molar-refractivity contribution is -0.126. The Morgan fingerprint density at radius 2 is 2.05 bits per heavy atom. The predicted octanol–water partition coefficient (Wildman–Crippen LogP) is 3.89. The summed E-state index contributed by atoms with van der Waals surface area (Å²) in [5.74, 6) is 1.81. The van der Waals surface area contributed by atoms with Crippen LogP contribution in [0.3, 0.4) is 0 Å². The van der Waals surface area contributed by atoms with Gasteiger partial charge in [-0.25, -0.2) is 0 Å². The van der Waals surface area contributed by atoms with Gasteiger partial charge in [0, 0.05) is 5.92 Å². The number of carbonyl (C=O) groups excluding carboxylic acids is 1. The van der Waals surface area contributed by atoms with Crippen molar-refractivity contribution in [1.29, 1.82) is 0 Å². The van der Waals surface area contributed by atoms with Crippen LogP contribution >= 0.6 is 0 Å². The maximum Gasteiger partial charge on any atom is 0.223 e. The van der Waals surface area contributed by atoms with Gasteiger partial charge in [-0.1, -0.05) is 45.2 Å². The second-order valence-electron chi connectivity index (χ2n) is 6.20. The molecule has 0 spiro atoms. The largest absolute Gasteiger partial charge is 0.492 e. The smallest absolute Gasteiger partial charge is 0.223 e. The van der Waals surface area contributed by atoms with Crippen molar-refractivity contribution in [1.82, 2.24) is 5.32 Å². The van der Waals surface area contributed by atoms with Gasteiger partial charge < -0.3 is 10.1 Å². The highest BCUT2D eigenvalue weighted by Gasteiger charge is 2.20. The molecule has 1 aromatic rings. The van der Waals surface area contributed by atoms with Gasteiger partial charge in [-0.2, -0.15) is 0 Å². The third kappa shape index (κ3) is 5.07. The van der Waals surface area contributed by atoms with Gasteiger partial charge in [0.25, 0.3) is 0 Å². The molecule has 21 heavy (non-hydrogen) atoms. The predicted molar refractivity (Wildman–Crippen MR) is 85.6 cm³/mol. The summed E-state index contributed by atoms with van der Waals surface area (Å²) in [5.41, 5.74) is 1.28. The highest BCUT2D eigenvalue weighted by molar-refractivity contribution is 5.78. The van der Waals surface area contributed by atoms with Gasteiger partial charge in [0.15, 0.2) is 0 Å². The van der Waals surface area contributed by atoms with Crippen LogP contribution < -0.4 is 10.1 Å². The van der Waals surface area contributed by atoms with Gasteiger partial charge in [0.05, 0.1) is 6.54 Å². The molecule has 1 amide bonds. The fraction of sp³-hybridized carbons (Fsp3) is 0.611. The number of ether oxygens (including phenoxy) is 1. The van der Waals surface area contributed by atoms with Gasteiger partial charge in [0.1, 0.15) is 12.4 Å². The van der Waals surface area contributed by atoms with E-state index in [0.29, 0.717) is 19.1 Å². The van der Waals surface area contributed by atoms with Crippen molar-refractivity contribution in [2.75, 3.05) is 13.2 Å². The number of hydrogen-bond donors (Lipinski definition) is 1. The molecule has 0 atom stereocenters. The van der Waals surface area contributed by atoms with E-state index in [1.807, 2.05) is 12.1 Å². The van der Waals surface area contributed by atoms with Crippen LogP contribution in [-0.4, -0.2) is 19.1 Å². The van der Waals surface area contributed by atoms with Crippen molar-refractivity contribution in [3.8, 4) is 5.75 Å². The van der Waals surface area contributed by atoms with E-state index in [2.05, 4.69) is 31.3 Å². The normalized spacial score (nSPS) is 16.0. The molecular weight excluding hydrogens is 262 g/mol. The zero-order valence-electron chi connectivity index (χ0n) is 13.2. The number of benzene rings is 1. The Morgan fingerprint density at radius 3 is 2.76 bits per heavy atom. The minimum atomic E-state index is 0.203. The summed E-state index contributed by atoms with van der Waals surface area (Å²) < 4.78 is 5.72. The van der Waals surface area contributed by atoms with E-state index in [1.54, 1.807) is 0 Å². The van der Waals surface area contributed by atoms with Crippen LogP contribution in [0.15, 0.2) is 24.3 Å². The minimum Gasteiger partial charge on any atom is -0.492 e. The van der Waals surface area contributed by atoms with Gasteiger partial charge >= 0.3 is 0 Å². The molecule has 1 N–H and O–H groups in total. The van der Waals surface area contributed by atoms with E-state index < -0.39 is 0 Å². The van der Waals surface area contributed by atoms with Crippen LogP contribution in [0.5, 0.6) is 5.75 Å². The van der Waals surface area contributed by atoms with Crippen LogP contribution in [0.1, 0.15) is 57.4 Å². The molecule has 3 heteroatoms. The Kier molecular flexibility index (Phi) is 6.09. The molecule has 0 aromatic heterocycles. The van der Waals surface area contributed by atoms with Crippen molar-refractivity contribution < 1.29 is 9.53 Å². The Bertz CT molecular complexity index is 450. The standard InChI is InChI=1S/C18H27NO2/c1-14(2)16-9-6-10-17(13-16)21-12-11-19-18(20)15-7-4-3-5-8-15/h6,9-10,13-15H,3-5,7-8,11-12H2,1-2H3,(H,19,20). The highest BCUT2D eigenvalue weighted by Crippen LogP contribution is 2.23. The Labute approximate surface area is 128 Å². The summed E-state index contributed by atoms with van der Waals surface area (Å²) >= 11 is 0. The Hall–Kier alpha value is -1.51. The van der Waals surface area contributed by atoms with Gasteiger partial charge in [-0.05, 0) is 36.5 Å². The SMILES string of the molecule is CC(C)c1cccc(OCCNC(=O)C2CCCCC2)c1. The Morgan fingerprint density at radius 1 is 1.29 bits per heavy atom. The quantitative estimate of drug-likeness (QED) is 0.807. The summed E-state index contributed by atoms with van der Waals surface area (Å²) in [5, 5.41) is 3.00. The number of hydrogen-bond acceptors (Lipinski definition) is 2. The first-order valence-electron chi connectivity index (χ1n) is 8.17. The van der Waals surface area contributed by atoms with Crippen LogP contribution in [-0.2, 0) is 4.79 Å². The zero-order valence-corrected chi connectivity index (χ0v) is 13.2. The molecule has 116 valence electrons. The average Bonchev–Trinajstić information content (AvgIpc) is 2.52. The average molecular weight is 289 g/mol. The third-order valence-electron chi connectivity index (χ3n) is 4.17. The molecule has 0 unspecified atom stereocenters. The summed E-state index contributed by atoms with van der Waals surface area (Å²) in [6, 6.07) is 8.18. The van der Waals surface area contributed by atoms with Crippen LogP contribution in [0.2, 0.25) is 0 Å². The molecule has 3 nitrogen and oxygen atoms in total. The third-order valence-corrected chi connectivity index (χ3v) is 4.17. The van der Waals surface area contributed by atoms with Crippen molar-refractivity contribution in [3.63, 3.8) is 0 Å². The van der Waals surface area contributed by atoms with E-state index in [4.69, 9.17) is 4.74 Å². The van der Waals surface area contributed by atoms with E-state index in [9.17, 15) is 4.79 Å². The molecule has 0 bridgehead atoms. The maximum atomic E-state index is 12.0. The molecule has 1 fully saturated rings. The lowest BCUT2D eigenvalue weighted by atomic mass is 9.89. The fourth-order valence-electron chi connectivity index (χ4n) is 2.82. The molecule has 0 heterocycles. The lowest BCUT2D eigenvalue weighted by Crippen LogP contribution is -2.34. The van der Waals surface area contributed by atoms with E-state index >= 15 is 0 Å². The fourth-order valence-corrected chi connectivity index (χ4v) is 2.82. The molecular formula is C18H27NO2. The van der Waals surface area contributed by atoms with Crippen LogP contribution in [0, 0.1) is 5.92 Å². The first-order chi connectivity index (χ1) is 10.2. The first-order valence-corrected chi connectivity index (χ1v) is 8.17. The molecule has 1 aliphatic rings. The zero-order chi connectivity index (χ0) is 15.1. The number of rotatable bonds is 6. The van der Waals surface area contributed by atoms with E-state index in [0.717, 1.165) is 18.6 Å². The Balaban J connectivity index is 1.69. The molecule has 0 radical (unpaired) electrons. The summed E-state index contributed by atoms with van der Waals surface area (Å²) in [6.07, 6.45) is 5.75. The van der Waals surface area contributed by atoms with Crippen molar-refractivity contribution in [2.45, 2.75) is 51.9 Å². The highest BCUT2D eigenvalue weighted by atomic mass is 16.5. The molecule has 1 aromatic carbocycles. The molecule has 1 saturated carbocycles. The molecule has 0 aliphatic heterocycles. The first kappa shape index (κ1) is 15.9. The van der Waals surface area contributed by atoms with Gasteiger partial charge in [0.2, 0.25) is 5.91 Å². The van der Waals surface area contributed by atoms with Gasteiger partial charge in [-0.15, -0.1) is 0 Å². The second-order valence-corrected chi connectivity index (χ2v) is 6.20. The van der Waals surface area contributed by atoms with Crippen LogP contribution in [0.25, 0.3) is 0 Å². The topological polar surface area (TPSA) is 38.3 Å². The van der Waals surface area contributed by atoms with E-state index in [1.165, 1.54) is 24.8 Å². The van der Waals surface area contributed by atoms with Gasteiger partial charge in [-0.3, -0.25) is 4.79 Å². The van der Waals surface area contributed by atoms with E-state index in [-0.39, 0.29) is 11.8 Å². The van der Waals surface area contributed by atoms with Crippen molar-refractivity contribution in [3.05, 3.63) is 29.8 Å². The molecule has 2 rings (SSSR count). The number of carbonyl (C=O) groups is 1. The van der Waals surface area contributed by atoms with Crippen LogP contribution in [0.4, 0.5) is 0 Å². The molecule has 1 aliphatic carbocycles. The summed E-state index contributed by atoms with van der Waals surface area (Å²) in [4.78, 5) is 12.0. The molecule has 0 saturated heterocycles. The summed E-state index contributed by atoms with van der Waals surface area (Å²) in [6.45, 7) is 5.45. The number of nitrogens with one attached hydrogen (secondary N) is 1.